The van der Waals surface area contributed by atoms with Gasteiger partial charge >= 0.3 is 0 Å². The lowest BCUT2D eigenvalue weighted by molar-refractivity contribution is -0.0526. The summed E-state index contributed by atoms with van der Waals surface area (Å²) in [5.74, 6) is 0. The molecule has 0 bridgehead atoms. The second-order valence-electron chi connectivity index (χ2n) is 4.96. The molecule has 1 unspecified atom stereocenters. The predicted octanol–water partition coefficient (Wildman–Crippen LogP) is 1.50. The van der Waals surface area contributed by atoms with Gasteiger partial charge in [0.15, 0.2) is 6.29 Å². The summed E-state index contributed by atoms with van der Waals surface area (Å²) in [6.45, 7) is 9.61. The van der Waals surface area contributed by atoms with Gasteiger partial charge in [0.25, 0.3) is 0 Å². The van der Waals surface area contributed by atoms with E-state index < -0.39 is 0 Å². The molecule has 1 aromatic heterocycles. The van der Waals surface area contributed by atoms with Crippen molar-refractivity contribution in [1.29, 1.82) is 0 Å². The number of nitrogens with one attached hydrogen (secondary N) is 1. The van der Waals surface area contributed by atoms with Gasteiger partial charge in [-0.2, -0.15) is 5.10 Å². The number of ether oxygens (including phenoxy) is 2. The summed E-state index contributed by atoms with van der Waals surface area (Å²) in [7, 11) is 0. The van der Waals surface area contributed by atoms with Gasteiger partial charge in [0.05, 0.1) is 18.9 Å². The molecule has 1 fully saturated rings. The molecule has 1 N–H and O–H groups in total. The normalized spacial score (nSPS) is 18.1. The van der Waals surface area contributed by atoms with Crippen LogP contribution >= 0.6 is 0 Å². The van der Waals surface area contributed by atoms with Crippen molar-refractivity contribution in [2.24, 2.45) is 0 Å². The molecular weight excluding hydrogens is 242 g/mol. The van der Waals surface area contributed by atoms with E-state index in [1.165, 1.54) is 5.69 Å². The number of nitrogens with zero attached hydrogens (tertiary/aromatic N) is 2. The average Bonchev–Trinajstić information content (AvgIpc) is 2.99. The molecule has 5 heteroatoms. The first-order valence-electron chi connectivity index (χ1n) is 7.22. The molecule has 0 saturated carbocycles. The zero-order valence-electron chi connectivity index (χ0n) is 12.2. The second kappa shape index (κ2) is 7.03. The fourth-order valence-electron chi connectivity index (χ4n) is 2.59. The fraction of sp³-hybridized carbons (Fsp3) is 0.786. The molecule has 108 valence electrons. The van der Waals surface area contributed by atoms with Crippen LogP contribution in [0.25, 0.3) is 0 Å². The van der Waals surface area contributed by atoms with Gasteiger partial charge in [-0.05, 0) is 26.5 Å². The van der Waals surface area contributed by atoms with Gasteiger partial charge in [-0.1, -0.05) is 6.92 Å². The maximum absolute atomic E-state index is 5.54. The number of hydrogen-bond acceptors (Lipinski definition) is 4. The van der Waals surface area contributed by atoms with Crippen molar-refractivity contribution in [3.05, 3.63) is 17.5 Å². The lowest BCUT2D eigenvalue weighted by Crippen LogP contribution is -2.35. The van der Waals surface area contributed by atoms with E-state index >= 15 is 0 Å². The van der Waals surface area contributed by atoms with Crippen LogP contribution < -0.4 is 5.32 Å². The number of likely N-dealkylation sites (N-methyl/N-ethyl adjacent to an activating group) is 1. The van der Waals surface area contributed by atoms with Crippen molar-refractivity contribution in [1.82, 2.24) is 15.1 Å². The monoisotopic (exact) mass is 267 g/mol. The van der Waals surface area contributed by atoms with E-state index in [1.54, 1.807) is 0 Å². The van der Waals surface area contributed by atoms with E-state index in [1.807, 2.05) is 6.92 Å². The quantitative estimate of drug-likeness (QED) is 0.813. The third-order valence-corrected chi connectivity index (χ3v) is 3.40. The van der Waals surface area contributed by atoms with Crippen LogP contribution in [0.1, 0.15) is 31.7 Å². The molecule has 1 atom stereocenters. The van der Waals surface area contributed by atoms with Gasteiger partial charge in [-0.15, -0.1) is 0 Å². The Morgan fingerprint density at radius 2 is 2.16 bits per heavy atom. The molecule has 1 aromatic rings. The van der Waals surface area contributed by atoms with Gasteiger partial charge < -0.3 is 14.8 Å². The van der Waals surface area contributed by atoms with Crippen LogP contribution in [0.4, 0.5) is 0 Å². The van der Waals surface area contributed by atoms with Gasteiger partial charge in [0.1, 0.15) is 0 Å². The molecule has 1 aliphatic rings. The molecule has 5 nitrogen and oxygen atoms in total. The predicted molar refractivity (Wildman–Crippen MR) is 74.1 cm³/mol. The van der Waals surface area contributed by atoms with E-state index in [4.69, 9.17) is 9.47 Å². The summed E-state index contributed by atoms with van der Waals surface area (Å²) in [4.78, 5) is 0. The van der Waals surface area contributed by atoms with Crippen LogP contribution in [-0.2, 0) is 22.4 Å². The fourth-order valence-corrected chi connectivity index (χ4v) is 2.59. The average molecular weight is 267 g/mol. The Labute approximate surface area is 115 Å². The summed E-state index contributed by atoms with van der Waals surface area (Å²) in [6.07, 6.45) is 1.80. The Morgan fingerprint density at radius 3 is 2.79 bits per heavy atom. The molecular formula is C14H25N3O2. The van der Waals surface area contributed by atoms with Gasteiger partial charge in [0, 0.05) is 31.1 Å². The highest BCUT2D eigenvalue weighted by Crippen LogP contribution is 2.15. The molecule has 1 aliphatic heterocycles. The second-order valence-corrected chi connectivity index (χ2v) is 4.96. The first kappa shape index (κ1) is 14.5. The zero-order valence-corrected chi connectivity index (χ0v) is 12.2. The Bertz CT molecular complexity index is 386. The minimum atomic E-state index is -0.0526. The third kappa shape index (κ3) is 4.03. The standard InChI is InChI=1S/C14H25N3O2/c1-4-15-12(10-14-18-6-7-19-14)9-13-8-11(3)16-17(13)5-2/h8,12,14-15H,4-7,9-10H2,1-3H3. The summed E-state index contributed by atoms with van der Waals surface area (Å²) in [6, 6.07) is 2.54. The first-order valence-corrected chi connectivity index (χ1v) is 7.22. The zero-order chi connectivity index (χ0) is 13.7. The summed E-state index contributed by atoms with van der Waals surface area (Å²) >= 11 is 0. The van der Waals surface area contributed by atoms with E-state index in [2.05, 4.69) is 35.0 Å². The van der Waals surface area contributed by atoms with E-state index in [-0.39, 0.29) is 6.29 Å². The largest absolute Gasteiger partial charge is 0.350 e. The van der Waals surface area contributed by atoms with Crippen LogP contribution in [0.15, 0.2) is 6.07 Å². The minimum absolute atomic E-state index is 0.0526. The molecule has 2 heterocycles. The lowest BCUT2D eigenvalue weighted by atomic mass is 10.1. The van der Waals surface area contributed by atoms with Crippen molar-refractivity contribution in [3.8, 4) is 0 Å². The third-order valence-electron chi connectivity index (χ3n) is 3.40. The first-order chi connectivity index (χ1) is 9.22. The lowest BCUT2D eigenvalue weighted by Gasteiger charge is -2.21. The molecule has 19 heavy (non-hydrogen) atoms. The van der Waals surface area contributed by atoms with Crippen LogP contribution in [0.3, 0.4) is 0 Å². The summed E-state index contributed by atoms with van der Waals surface area (Å²) in [5, 5.41) is 8.02. The van der Waals surface area contributed by atoms with E-state index in [9.17, 15) is 0 Å². The summed E-state index contributed by atoms with van der Waals surface area (Å²) in [5.41, 5.74) is 2.37. The summed E-state index contributed by atoms with van der Waals surface area (Å²) < 4.78 is 13.2. The van der Waals surface area contributed by atoms with Gasteiger partial charge in [-0.3, -0.25) is 4.68 Å². The molecule has 1 saturated heterocycles. The van der Waals surface area contributed by atoms with Crippen LogP contribution in [0.2, 0.25) is 0 Å². The Kier molecular flexibility index (Phi) is 5.36. The molecule has 0 amide bonds. The maximum atomic E-state index is 5.54. The van der Waals surface area contributed by atoms with Gasteiger partial charge in [0.2, 0.25) is 0 Å². The maximum Gasteiger partial charge on any atom is 0.159 e. The smallest absolute Gasteiger partial charge is 0.159 e. The molecule has 0 radical (unpaired) electrons. The van der Waals surface area contributed by atoms with E-state index in [0.717, 1.165) is 44.8 Å². The number of hydrogen-bond donors (Lipinski definition) is 1. The Balaban J connectivity index is 1.97. The van der Waals surface area contributed by atoms with E-state index in [0.29, 0.717) is 6.04 Å². The van der Waals surface area contributed by atoms with Crippen LogP contribution in [-0.4, -0.2) is 41.9 Å². The highest BCUT2D eigenvalue weighted by atomic mass is 16.7. The Hall–Kier alpha value is -0.910. The van der Waals surface area contributed by atoms with Crippen molar-refractivity contribution in [2.75, 3.05) is 19.8 Å². The molecule has 0 aromatic carbocycles. The van der Waals surface area contributed by atoms with Crippen molar-refractivity contribution in [3.63, 3.8) is 0 Å². The Morgan fingerprint density at radius 1 is 1.42 bits per heavy atom. The molecule has 2 rings (SSSR count). The van der Waals surface area contributed by atoms with Gasteiger partial charge in [-0.25, -0.2) is 0 Å². The van der Waals surface area contributed by atoms with Crippen LogP contribution in [0.5, 0.6) is 0 Å². The SMILES string of the molecule is CCNC(Cc1cc(C)nn1CC)CC1OCCO1. The number of aromatic nitrogens is 2. The van der Waals surface area contributed by atoms with Crippen molar-refractivity contribution in [2.45, 2.75) is 52.5 Å². The number of aryl methyl sites for hydroxylation is 2. The number of rotatable bonds is 7. The highest BCUT2D eigenvalue weighted by Gasteiger charge is 2.22. The molecule has 0 aliphatic carbocycles. The molecule has 0 spiro atoms. The van der Waals surface area contributed by atoms with Crippen molar-refractivity contribution < 1.29 is 9.47 Å². The minimum Gasteiger partial charge on any atom is -0.350 e. The van der Waals surface area contributed by atoms with Crippen molar-refractivity contribution >= 4 is 0 Å². The highest BCUT2D eigenvalue weighted by molar-refractivity contribution is 5.10. The van der Waals surface area contributed by atoms with Crippen LogP contribution in [0, 0.1) is 6.92 Å². The topological polar surface area (TPSA) is 48.3 Å².